The highest BCUT2D eigenvalue weighted by Gasteiger charge is 2.98. The molecule has 2 unspecified atom stereocenters. The van der Waals surface area contributed by atoms with Crippen molar-refractivity contribution in [2.24, 2.45) is 17.8 Å². The SMILES string of the molecule is CCCC12C[SH]1(C)(CC1CC(C(C)C)C1)C2(C)CC. The number of fused-ring (bicyclic) bond motifs is 1. The Labute approximate surface area is 121 Å². The van der Waals surface area contributed by atoms with E-state index < -0.39 is 9.16 Å². The zero-order chi connectivity index (χ0) is 14.1. The molecule has 0 nitrogen and oxygen atoms in total. The van der Waals surface area contributed by atoms with E-state index in [0.29, 0.717) is 0 Å². The van der Waals surface area contributed by atoms with Gasteiger partial charge in [-0.3, -0.25) is 9.16 Å². The second-order valence-corrected chi connectivity index (χ2v) is 15.8. The summed E-state index contributed by atoms with van der Waals surface area (Å²) in [7, 11) is -1.24. The molecule has 0 spiro atoms. The smallest absolute Gasteiger partial charge is 0.00602 e. The van der Waals surface area contributed by atoms with Gasteiger partial charge in [0.15, 0.2) is 0 Å². The lowest BCUT2D eigenvalue weighted by atomic mass is 9.70. The minimum Gasteiger partial charge on any atom is -0.272 e. The van der Waals surface area contributed by atoms with Crippen molar-refractivity contribution in [1.82, 2.24) is 0 Å². The Bertz CT molecular complexity index is 396. The van der Waals surface area contributed by atoms with Gasteiger partial charge in [0.05, 0.1) is 0 Å². The van der Waals surface area contributed by atoms with Crippen molar-refractivity contribution in [3.8, 4) is 0 Å². The number of hydrogen-bond acceptors (Lipinski definition) is 0. The molecule has 2 aliphatic heterocycles. The second-order valence-electron chi connectivity index (χ2n) is 9.14. The lowest BCUT2D eigenvalue weighted by molar-refractivity contribution is 0.159. The molecule has 0 aromatic rings. The first-order valence-corrected chi connectivity index (χ1v) is 11.8. The number of hydrogen-bond donors (Lipinski definition) is 1. The molecule has 0 bridgehead atoms. The zero-order valence-corrected chi connectivity index (χ0v) is 15.0. The van der Waals surface area contributed by atoms with Crippen LogP contribution in [0.15, 0.2) is 0 Å². The van der Waals surface area contributed by atoms with Gasteiger partial charge >= 0.3 is 0 Å². The molecule has 2 atom stereocenters. The van der Waals surface area contributed by atoms with Gasteiger partial charge in [0.25, 0.3) is 0 Å². The lowest BCUT2D eigenvalue weighted by Gasteiger charge is -2.47. The first-order valence-electron chi connectivity index (χ1n) is 8.78. The molecule has 0 radical (unpaired) electrons. The van der Waals surface area contributed by atoms with Crippen molar-refractivity contribution in [3.63, 3.8) is 0 Å². The molecule has 19 heavy (non-hydrogen) atoms. The summed E-state index contributed by atoms with van der Waals surface area (Å²) < 4.78 is 1.68. The third kappa shape index (κ3) is 1.30. The van der Waals surface area contributed by atoms with Crippen LogP contribution in [-0.2, 0) is 0 Å². The van der Waals surface area contributed by atoms with Gasteiger partial charge in [-0.15, -0.1) is 0 Å². The summed E-state index contributed by atoms with van der Waals surface area (Å²) in [6.45, 7) is 12.4. The van der Waals surface area contributed by atoms with E-state index >= 15 is 0 Å². The summed E-state index contributed by atoms with van der Waals surface area (Å²) in [5.74, 6) is 6.46. The molecular formula is C18H36S. The van der Waals surface area contributed by atoms with Crippen molar-refractivity contribution in [3.05, 3.63) is 0 Å². The van der Waals surface area contributed by atoms with Crippen LogP contribution in [0, 0.1) is 17.8 Å². The van der Waals surface area contributed by atoms with Crippen LogP contribution in [0.5, 0.6) is 0 Å². The first kappa shape index (κ1) is 14.3. The number of thiol groups is 1. The van der Waals surface area contributed by atoms with Crippen LogP contribution in [-0.4, -0.2) is 27.3 Å². The van der Waals surface area contributed by atoms with Gasteiger partial charge in [0.1, 0.15) is 0 Å². The largest absolute Gasteiger partial charge is 0.272 e. The molecule has 0 aromatic heterocycles. The molecule has 0 N–H and O–H groups in total. The van der Waals surface area contributed by atoms with E-state index in [1.54, 1.807) is 30.8 Å². The van der Waals surface area contributed by atoms with Gasteiger partial charge < -0.3 is 0 Å². The minimum absolute atomic E-state index is 0.803. The topological polar surface area (TPSA) is 0 Å². The van der Waals surface area contributed by atoms with Crippen LogP contribution < -0.4 is 0 Å². The maximum atomic E-state index is 2.81. The van der Waals surface area contributed by atoms with E-state index in [4.69, 9.17) is 0 Å². The molecule has 3 aliphatic rings. The fourth-order valence-corrected chi connectivity index (χ4v) is 18.0. The Kier molecular flexibility index (Phi) is 2.83. The van der Waals surface area contributed by atoms with E-state index in [-0.39, 0.29) is 0 Å². The van der Waals surface area contributed by atoms with E-state index in [2.05, 4.69) is 40.9 Å². The van der Waals surface area contributed by atoms with Crippen molar-refractivity contribution in [2.75, 3.05) is 17.8 Å². The lowest BCUT2D eigenvalue weighted by Crippen LogP contribution is -2.34. The van der Waals surface area contributed by atoms with Crippen molar-refractivity contribution < 1.29 is 0 Å². The predicted octanol–water partition coefficient (Wildman–Crippen LogP) is 5.11. The van der Waals surface area contributed by atoms with Crippen LogP contribution in [0.1, 0.15) is 66.7 Å². The van der Waals surface area contributed by atoms with Crippen molar-refractivity contribution >= 4 is 9.16 Å². The highest BCUT2D eigenvalue weighted by molar-refractivity contribution is 8.63. The average molecular weight is 285 g/mol. The fraction of sp³-hybridized carbons (Fsp3) is 1.00. The fourth-order valence-electron chi connectivity index (χ4n) is 6.83. The van der Waals surface area contributed by atoms with Crippen LogP contribution in [0.25, 0.3) is 0 Å². The molecule has 3 rings (SSSR count). The molecule has 2 heterocycles. The third-order valence-electron chi connectivity index (χ3n) is 8.54. The highest BCUT2D eigenvalue weighted by atomic mass is 32.3. The van der Waals surface area contributed by atoms with E-state index in [1.807, 2.05) is 0 Å². The van der Waals surface area contributed by atoms with E-state index in [9.17, 15) is 0 Å². The quantitative estimate of drug-likeness (QED) is 0.509. The third-order valence-corrected chi connectivity index (χ3v) is 17.8. The Morgan fingerprint density at radius 1 is 1.21 bits per heavy atom. The summed E-state index contributed by atoms with van der Waals surface area (Å²) in [5.41, 5.74) is 0. The molecule has 0 aromatic carbocycles. The van der Waals surface area contributed by atoms with Gasteiger partial charge in [-0.05, 0) is 65.9 Å². The Morgan fingerprint density at radius 2 is 1.84 bits per heavy atom. The van der Waals surface area contributed by atoms with Gasteiger partial charge in [0.2, 0.25) is 0 Å². The van der Waals surface area contributed by atoms with Gasteiger partial charge in [0, 0.05) is 4.75 Å². The standard InChI is InChI=1S/C18H36S/c1-7-9-18-13-19(18,6,17(18,5)8-2)12-15-10-16(11-15)14(3)4/h14-16,19H,7-13H2,1-6H3. The van der Waals surface area contributed by atoms with Gasteiger partial charge in [-0.1, -0.05) is 41.0 Å². The van der Waals surface area contributed by atoms with Gasteiger partial charge in [-0.2, -0.15) is 0 Å². The predicted molar refractivity (Wildman–Crippen MR) is 92.0 cm³/mol. The molecule has 1 aliphatic carbocycles. The Morgan fingerprint density at radius 3 is 2.32 bits per heavy atom. The van der Waals surface area contributed by atoms with Crippen LogP contribution in [0.3, 0.4) is 0 Å². The molecule has 1 heteroatoms. The second kappa shape index (κ2) is 3.76. The summed E-state index contributed by atoms with van der Waals surface area (Å²) in [5, 5.41) is 0. The highest BCUT2D eigenvalue weighted by Crippen LogP contribution is 3.17. The average Bonchev–Trinajstić information content (AvgIpc) is 2.98. The molecule has 114 valence electrons. The monoisotopic (exact) mass is 284 g/mol. The van der Waals surface area contributed by atoms with Crippen LogP contribution >= 0.6 is 9.16 Å². The van der Waals surface area contributed by atoms with Gasteiger partial charge in [-0.25, -0.2) is 0 Å². The normalized spacial score (nSPS) is 50.8. The summed E-state index contributed by atoms with van der Waals surface area (Å²) in [6.07, 6.45) is 10.4. The van der Waals surface area contributed by atoms with Crippen LogP contribution in [0.2, 0.25) is 0 Å². The maximum Gasteiger partial charge on any atom is 0.00602 e. The molecule has 2 saturated heterocycles. The summed E-state index contributed by atoms with van der Waals surface area (Å²) in [6, 6.07) is 0. The molecular weight excluding hydrogens is 248 g/mol. The number of rotatable bonds is 6. The van der Waals surface area contributed by atoms with Crippen molar-refractivity contribution in [2.45, 2.75) is 76.2 Å². The molecule has 3 fully saturated rings. The summed E-state index contributed by atoms with van der Waals surface area (Å²) >= 11 is 0. The maximum absolute atomic E-state index is 2.81. The first-order chi connectivity index (χ1) is 8.78. The zero-order valence-electron chi connectivity index (χ0n) is 14.1. The molecule has 1 saturated carbocycles. The van der Waals surface area contributed by atoms with E-state index in [1.165, 1.54) is 12.8 Å². The van der Waals surface area contributed by atoms with Crippen LogP contribution in [0.4, 0.5) is 0 Å². The summed E-state index contributed by atoms with van der Waals surface area (Å²) in [4.78, 5) is 0. The minimum atomic E-state index is -1.24. The Balaban J connectivity index is 1.69. The Hall–Kier alpha value is 0.350. The van der Waals surface area contributed by atoms with E-state index in [0.717, 1.165) is 27.2 Å². The van der Waals surface area contributed by atoms with Crippen molar-refractivity contribution in [1.29, 1.82) is 0 Å². The molecule has 0 amide bonds.